The normalized spacial score (nSPS) is 22.5. The second-order valence-corrected chi connectivity index (χ2v) is 9.84. The van der Waals surface area contributed by atoms with Gasteiger partial charge in [-0.25, -0.2) is 4.98 Å². The fraction of sp³-hybridized carbons (Fsp3) is 0.500. The van der Waals surface area contributed by atoms with Gasteiger partial charge in [0.25, 0.3) is 0 Å². The van der Waals surface area contributed by atoms with Crippen LogP contribution in [0.15, 0.2) is 42.9 Å². The van der Waals surface area contributed by atoms with Crippen molar-refractivity contribution in [2.24, 2.45) is 18.9 Å². The van der Waals surface area contributed by atoms with Crippen LogP contribution in [0.5, 0.6) is 0 Å². The highest BCUT2D eigenvalue weighted by Crippen LogP contribution is 2.31. The van der Waals surface area contributed by atoms with Crippen molar-refractivity contribution in [3.8, 4) is 11.1 Å². The van der Waals surface area contributed by atoms with Crippen LogP contribution >= 0.6 is 0 Å². The largest absolute Gasteiger partial charge is 0.310 e. The van der Waals surface area contributed by atoms with Crippen LogP contribution in [0.3, 0.4) is 0 Å². The molecule has 2 aliphatic rings. The van der Waals surface area contributed by atoms with Crippen LogP contribution in [0.1, 0.15) is 25.7 Å². The topological polar surface area (TPSA) is 66.3 Å². The first-order valence-electron chi connectivity index (χ1n) is 12.1. The third-order valence-electron chi connectivity index (χ3n) is 7.34. The molecule has 1 aromatic carbocycles. The minimum atomic E-state index is 0.0907. The van der Waals surface area contributed by atoms with Crippen molar-refractivity contribution >= 4 is 22.5 Å². The molecule has 174 valence electrons. The Balaban J connectivity index is 1.18. The molecule has 33 heavy (non-hydrogen) atoms. The molecule has 0 unspecified atom stereocenters. The van der Waals surface area contributed by atoms with Crippen molar-refractivity contribution in [3.05, 3.63) is 42.9 Å². The molecule has 1 N–H and O–H groups in total. The number of likely N-dealkylation sites (N-methyl/N-ethyl adjacent to an activating group) is 1. The van der Waals surface area contributed by atoms with E-state index >= 15 is 0 Å². The number of nitrogens with one attached hydrogen (secondary N) is 1. The molecule has 2 fully saturated rings. The lowest BCUT2D eigenvalue weighted by Gasteiger charge is -2.36. The number of carbonyl (C=O) groups is 1. The van der Waals surface area contributed by atoms with E-state index in [9.17, 15) is 4.79 Å². The molecule has 1 aliphatic carbocycles. The predicted octanol–water partition coefficient (Wildman–Crippen LogP) is 3.63. The van der Waals surface area contributed by atoms with Crippen molar-refractivity contribution in [1.29, 1.82) is 0 Å². The first-order valence-corrected chi connectivity index (χ1v) is 12.1. The Bertz CT molecular complexity index is 1110. The van der Waals surface area contributed by atoms with E-state index in [1.54, 1.807) is 4.68 Å². The highest BCUT2D eigenvalue weighted by Gasteiger charge is 2.28. The number of rotatable bonds is 5. The van der Waals surface area contributed by atoms with Crippen LogP contribution in [-0.4, -0.2) is 70.2 Å². The Morgan fingerprint density at radius 1 is 0.970 bits per heavy atom. The Labute approximate surface area is 195 Å². The molecule has 0 atom stereocenters. The number of nitrogens with zero attached hydrogens (tertiary/aromatic N) is 5. The number of hydrogen-bond donors (Lipinski definition) is 1. The van der Waals surface area contributed by atoms with Crippen LogP contribution in [0.2, 0.25) is 0 Å². The van der Waals surface area contributed by atoms with Crippen molar-refractivity contribution in [1.82, 2.24) is 24.6 Å². The maximum absolute atomic E-state index is 12.9. The molecular weight excluding hydrogens is 412 g/mol. The van der Waals surface area contributed by atoms with Gasteiger partial charge in [-0.2, -0.15) is 5.10 Å². The Hall–Kier alpha value is -2.77. The summed E-state index contributed by atoms with van der Waals surface area (Å²) in [6, 6.07) is 8.26. The summed E-state index contributed by atoms with van der Waals surface area (Å²) in [5.41, 5.74) is 2.19. The van der Waals surface area contributed by atoms with Gasteiger partial charge in [-0.05, 0) is 61.7 Å². The molecule has 3 aromatic rings. The Kier molecular flexibility index (Phi) is 6.42. The van der Waals surface area contributed by atoms with E-state index in [0.29, 0.717) is 5.82 Å². The molecule has 5 rings (SSSR count). The van der Waals surface area contributed by atoms with Crippen LogP contribution < -0.4 is 5.32 Å². The van der Waals surface area contributed by atoms with Gasteiger partial charge < -0.3 is 15.1 Å². The highest BCUT2D eigenvalue weighted by atomic mass is 16.1. The van der Waals surface area contributed by atoms with E-state index in [4.69, 9.17) is 0 Å². The van der Waals surface area contributed by atoms with Gasteiger partial charge in [0.05, 0.1) is 6.20 Å². The SMILES string of the molecule is CN1CCN(C[C@H]2CC[C@H](C(=O)Nc3cc4cc(-c5cnn(C)c5)ccc4cn3)CC2)CC1. The van der Waals surface area contributed by atoms with Gasteiger partial charge in [-0.3, -0.25) is 9.48 Å². The number of aryl methyl sites for hydroxylation is 1. The number of benzene rings is 1. The number of amides is 1. The first kappa shape index (κ1) is 22.0. The van der Waals surface area contributed by atoms with Crippen LogP contribution in [0.25, 0.3) is 21.9 Å². The number of pyridine rings is 1. The van der Waals surface area contributed by atoms with Crippen molar-refractivity contribution < 1.29 is 4.79 Å². The molecule has 0 radical (unpaired) electrons. The number of anilines is 1. The van der Waals surface area contributed by atoms with Gasteiger partial charge in [-0.15, -0.1) is 0 Å². The second kappa shape index (κ2) is 9.61. The van der Waals surface area contributed by atoms with E-state index in [2.05, 4.69) is 50.4 Å². The lowest BCUT2D eigenvalue weighted by Crippen LogP contribution is -2.46. The lowest BCUT2D eigenvalue weighted by atomic mass is 9.81. The molecule has 0 bridgehead atoms. The third kappa shape index (κ3) is 5.25. The third-order valence-corrected chi connectivity index (χ3v) is 7.34. The molecule has 1 saturated heterocycles. The second-order valence-electron chi connectivity index (χ2n) is 9.84. The molecule has 1 aliphatic heterocycles. The summed E-state index contributed by atoms with van der Waals surface area (Å²) in [4.78, 5) is 22.4. The maximum atomic E-state index is 12.9. The number of piperazine rings is 1. The van der Waals surface area contributed by atoms with Gasteiger partial charge in [0, 0.05) is 69.0 Å². The summed E-state index contributed by atoms with van der Waals surface area (Å²) in [7, 11) is 4.12. The average molecular weight is 447 g/mol. The van der Waals surface area contributed by atoms with Crippen molar-refractivity contribution in [3.63, 3.8) is 0 Å². The van der Waals surface area contributed by atoms with Gasteiger partial charge in [0.1, 0.15) is 5.82 Å². The highest BCUT2D eigenvalue weighted by molar-refractivity contribution is 5.95. The summed E-state index contributed by atoms with van der Waals surface area (Å²) >= 11 is 0. The molecule has 7 nitrogen and oxygen atoms in total. The summed E-state index contributed by atoms with van der Waals surface area (Å²) in [6.07, 6.45) is 9.95. The first-order chi connectivity index (χ1) is 16.0. The zero-order valence-electron chi connectivity index (χ0n) is 19.7. The molecule has 0 spiro atoms. The van der Waals surface area contributed by atoms with Crippen molar-refractivity contribution in [2.75, 3.05) is 45.1 Å². The van der Waals surface area contributed by atoms with Crippen LogP contribution in [0, 0.1) is 11.8 Å². The standard InChI is InChI=1S/C26H34N6O/c1-30-9-11-32(12-10-30)17-19-3-5-20(6-4-19)26(33)29-25-14-23-13-21(7-8-22(23)15-27-25)24-16-28-31(2)18-24/h7-8,13-16,18-20H,3-6,9-12,17H2,1-2H3,(H,27,29,33)/t19-,20-. The fourth-order valence-electron chi connectivity index (χ4n) is 5.19. The minimum Gasteiger partial charge on any atom is -0.310 e. The van der Waals surface area contributed by atoms with Crippen LogP contribution in [-0.2, 0) is 11.8 Å². The summed E-state index contributed by atoms with van der Waals surface area (Å²) in [5.74, 6) is 1.56. The van der Waals surface area contributed by atoms with E-state index < -0.39 is 0 Å². The van der Waals surface area contributed by atoms with E-state index in [1.807, 2.05) is 31.7 Å². The predicted molar refractivity (Wildman–Crippen MR) is 132 cm³/mol. The molecule has 2 aromatic heterocycles. The number of fused-ring (bicyclic) bond motifs is 1. The van der Waals surface area contributed by atoms with E-state index in [1.165, 1.54) is 32.7 Å². The number of carbonyl (C=O) groups excluding carboxylic acids is 1. The maximum Gasteiger partial charge on any atom is 0.228 e. The quantitative estimate of drug-likeness (QED) is 0.648. The fourth-order valence-corrected chi connectivity index (χ4v) is 5.19. The molecule has 3 heterocycles. The lowest BCUT2D eigenvalue weighted by molar-refractivity contribution is -0.121. The zero-order valence-corrected chi connectivity index (χ0v) is 19.7. The molecular formula is C26H34N6O. The summed E-state index contributed by atoms with van der Waals surface area (Å²) in [6.45, 7) is 5.87. The van der Waals surface area contributed by atoms with Crippen molar-refractivity contribution in [2.45, 2.75) is 25.7 Å². The monoisotopic (exact) mass is 446 g/mol. The number of aromatic nitrogens is 3. The summed E-state index contributed by atoms with van der Waals surface area (Å²) < 4.78 is 1.80. The van der Waals surface area contributed by atoms with Crippen LogP contribution in [0.4, 0.5) is 5.82 Å². The summed E-state index contributed by atoms with van der Waals surface area (Å²) in [5, 5.41) is 9.48. The minimum absolute atomic E-state index is 0.0907. The van der Waals surface area contributed by atoms with Gasteiger partial charge >= 0.3 is 0 Å². The van der Waals surface area contributed by atoms with Gasteiger partial charge in [-0.1, -0.05) is 12.1 Å². The zero-order chi connectivity index (χ0) is 22.8. The Morgan fingerprint density at radius 2 is 1.76 bits per heavy atom. The molecule has 1 amide bonds. The Morgan fingerprint density at radius 3 is 2.48 bits per heavy atom. The van der Waals surface area contributed by atoms with Gasteiger partial charge in [0.2, 0.25) is 5.91 Å². The molecule has 1 saturated carbocycles. The van der Waals surface area contributed by atoms with E-state index in [0.717, 1.165) is 53.5 Å². The average Bonchev–Trinajstić information content (AvgIpc) is 3.27. The van der Waals surface area contributed by atoms with Gasteiger partial charge in [0.15, 0.2) is 0 Å². The molecule has 7 heteroatoms. The smallest absolute Gasteiger partial charge is 0.228 e. The number of hydrogen-bond acceptors (Lipinski definition) is 5. The van der Waals surface area contributed by atoms with E-state index in [-0.39, 0.29) is 11.8 Å².